The molecule has 0 aliphatic heterocycles. The van der Waals surface area contributed by atoms with E-state index in [9.17, 15) is 18.0 Å². The smallest absolute Gasteiger partial charge is 0.350 e. The van der Waals surface area contributed by atoms with Crippen LogP contribution in [0.2, 0.25) is 0 Å². The molecule has 8 nitrogen and oxygen atoms in total. The standard InChI is InChI=1S/C18H16N2O6S2/c1-10-4-6-12(7-5-10)28(23,24)14-9-8-13(26-14)16(21)20-18-19-11(2)15(27-18)17(22)25-3/h4-9H,1-3H3,(H,19,20,21). The monoisotopic (exact) mass is 420 g/mol. The van der Waals surface area contributed by atoms with Crippen molar-refractivity contribution in [2.45, 2.75) is 23.8 Å². The predicted molar refractivity (Wildman–Crippen MR) is 101 cm³/mol. The van der Waals surface area contributed by atoms with Crippen molar-refractivity contribution in [3.63, 3.8) is 0 Å². The van der Waals surface area contributed by atoms with Crippen molar-refractivity contribution in [1.82, 2.24) is 4.98 Å². The summed E-state index contributed by atoms with van der Waals surface area (Å²) in [6.45, 7) is 3.45. The number of hydrogen-bond acceptors (Lipinski definition) is 8. The fourth-order valence-corrected chi connectivity index (χ4v) is 4.36. The molecule has 0 saturated carbocycles. The number of ether oxygens (including phenoxy) is 1. The molecule has 146 valence electrons. The third kappa shape index (κ3) is 3.82. The SMILES string of the molecule is COC(=O)c1sc(NC(=O)c2ccc(S(=O)(=O)c3ccc(C)cc3)o2)nc1C. The van der Waals surface area contributed by atoms with Gasteiger partial charge in [-0.2, -0.15) is 0 Å². The van der Waals surface area contributed by atoms with Gasteiger partial charge in [0.05, 0.1) is 17.7 Å². The lowest BCUT2D eigenvalue weighted by atomic mass is 10.2. The Morgan fingerprint density at radius 2 is 1.79 bits per heavy atom. The molecule has 0 aliphatic rings. The lowest BCUT2D eigenvalue weighted by Gasteiger charge is -2.02. The third-order valence-corrected chi connectivity index (χ3v) is 6.48. The zero-order valence-corrected chi connectivity index (χ0v) is 16.8. The number of amides is 1. The summed E-state index contributed by atoms with van der Waals surface area (Å²) in [7, 11) is -2.63. The van der Waals surface area contributed by atoms with Gasteiger partial charge in [-0.15, -0.1) is 0 Å². The molecule has 3 aromatic rings. The molecule has 0 saturated heterocycles. The average molecular weight is 420 g/mol. The van der Waals surface area contributed by atoms with Crippen LogP contribution in [0.25, 0.3) is 0 Å². The zero-order valence-electron chi connectivity index (χ0n) is 15.2. The Morgan fingerprint density at radius 1 is 1.11 bits per heavy atom. The van der Waals surface area contributed by atoms with E-state index in [1.54, 1.807) is 19.1 Å². The number of esters is 1. The maximum Gasteiger partial charge on any atom is 0.350 e. The first-order chi connectivity index (χ1) is 13.2. The van der Waals surface area contributed by atoms with Crippen LogP contribution in [0, 0.1) is 13.8 Å². The number of hydrogen-bond donors (Lipinski definition) is 1. The highest BCUT2D eigenvalue weighted by atomic mass is 32.2. The van der Waals surface area contributed by atoms with Crippen LogP contribution in [0.4, 0.5) is 5.13 Å². The van der Waals surface area contributed by atoms with Gasteiger partial charge in [-0.1, -0.05) is 29.0 Å². The Bertz CT molecular complexity index is 1140. The first-order valence-electron chi connectivity index (χ1n) is 8.01. The molecule has 0 radical (unpaired) electrons. The van der Waals surface area contributed by atoms with E-state index in [0.29, 0.717) is 5.69 Å². The number of sulfone groups is 1. The van der Waals surface area contributed by atoms with Gasteiger partial charge in [0.1, 0.15) is 4.88 Å². The van der Waals surface area contributed by atoms with Crippen molar-refractivity contribution in [3.8, 4) is 0 Å². The van der Waals surface area contributed by atoms with Crippen LogP contribution in [0.15, 0.2) is 50.8 Å². The van der Waals surface area contributed by atoms with Gasteiger partial charge in [-0.05, 0) is 38.1 Å². The molecule has 3 rings (SSSR count). The van der Waals surface area contributed by atoms with E-state index in [1.165, 1.54) is 31.4 Å². The number of aryl methyl sites for hydroxylation is 2. The fraction of sp³-hybridized carbons (Fsp3) is 0.167. The second-order valence-electron chi connectivity index (χ2n) is 5.81. The van der Waals surface area contributed by atoms with Crippen LogP contribution in [-0.4, -0.2) is 32.4 Å². The number of aromatic nitrogens is 1. The summed E-state index contributed by atoms with van der Waals surface area (Å²) in [4.78, 5) is 28.4. The highest BCUT2D eigenvalue weighted by Gasteiger charge is 2.24. The van der Waals surface area contributed by atoms with Crippen molar-refractivity contribution in [3.05, 3.63) is 58.3 Å². The van der Waals surface area contributed by atoms with Gasteiger partial charge in [0.25, 0.3) is 5.91 Å². The maximum atomic E-state index is 12.6. The van der Waals surface area contributed by atoms with Crippen LogP contribution in [-0.2, 0) is 14.6 Å². The van der Waals surface area contributed by atoms with Crippen LogP contribution < -0.4 is 5.32 Å². The second-order valence-corrected chi connectivity index (χ2v) is 8.69. The summed E-state index contributed by atoms with van der Waals surface area (Å²) in [6, 6.07) is 8.77. The van der Waals surface area contributed by atoms with E-state index in [-0.39, 0.29) is 25.8 Å². The van der Waals surface area contributed by atoms with Crippen molar-refractivity contribution in [2.75, 3.05) is 12.4 Å². The summed E-state index contributed by atoms with van der Waals surface area (Å²) in [5.74, 6) is -1.44. The average Bonchev–Trinajstić information content (AvgIpc) is 3.29. The van der Waals surface area contributed by atoms with E-state index >= 15 is 0 Å². The Balaban J connectivity index is 1.81. The van der Waals surface area contributed by atoms with E-state index in [1.807, 2.05) is 6.92 Å². The molecule has 0 aliphatic carbocycles. The molecular formula is C18H16N2O6S2. The molecule has 28 heavy (non-hydrogen) atoms. The van der Waals surface area contributed by atoms with Crippen molar-refractivity contribution >= 4 is 38.2 Å². The van der Waals surface area contributed by atoms with Crippen molar-refractivity contribution in [2.24, 2.45) is 0 Å². The maximum absolute atomic E-state index is 12.6. The van der Waals surface area contributed by atoms with Crippen LogP contribution >= 0.6 is 11.3 Å². The Kier molecular flexibility index (Phi) is 5.34. The van der Waals surface area contributed by atoms with E-state index < -0.39 is 21.7 Å². The molecule has 1 N–H and O–H groups in total. The van der Waals surface area contributed by atoms with Crippen LogP contribution in [0.1, 0.15) is 31.5 Å². The van der Waals surface area contributed by atoms with Crippen LogP contribution in [0.3, 0.4) is 0 Å². The molecule has 0 bridgehead atoms. The molecule has 2 aromatic heterocycles. The quantitative estimate of drug-likeness (QED) is 0.630. The van der Waals surface area contributed by atoms with Gasteiger partial charge in [-0.3, -0.25) is 10.1 Å². The predicted octanol–water partition coefficient (Wildman–Crippen LogP) is 3.22. The summed E-state index contributed by atoms with van der Waals surface area (Å²) in [5, 5.41) is 2.31. The first-order valence-corrected chi connectivity index (χ1v) is 10.3. The number of nitrogens with zero attached hydrogens (tertiary/aromatic N) is 1. The lowest BCUT2D eigenvalue weighted by Crippen LogP contribution is -2.10. The van der Waals surface area contributed by atoms with Gasteiger partial charge in [0, 0.05) is 0 Å². The van der Waals surface area contributed by atoms with E-state index in [4.69, 9.17) is 4.42 Å². The molecule has 0 spiro atoms. The first kappa shape index (κ1) is 19.8. The molecule has 2 heterocycles. The molecule has 0 atom stereocenters. The molecule has 10 heteroatoms. The third-order valence-electron chi connectivity index (χ3n) is 3.79. The van der Waals surface area contributed by atoms with Gasteiger partial charge in [0.2, 0.25) is 14.9 Å². The fourth-order valence-electron chi connectivity index (χ4n) is 2.31. The molecular weight excluding hydrogens is 404 g/mol. The summed E-state index contributed by atoms with van der Waals surface area (Å²) >= 11 is 0.948. The highest BCUT2D eigenvalue weighted by Crippen LogP contribution is 2.26. The van der Waals surface area contributed by atoms with Crippen molar-refractivity contribution < 1.29 is 27.2 Å². The summed E-state index contributed by atoms with van der Waals surface area (Å²) < 4.78 is 35.1. The Morgan fingerprint density at radius 3 is 2.43 bits per heavy atom. The summed E-state index contributed by atoms with van der Waals surface area (Å²) in [5.41, 5.74) is 1.33. The zero-order chi connectivity index (χ0) is 20.5. The van der Waals surface area contributed by atoms with Gasteiger partial charge < -0.3 is 9.15 Å². The topological polar surface area (TPSA) is 116 Å². The number of furan rings is 1. The Hall–Kier alpha value is -2.98. The molecule has 1 amide bonds. The number of carbonyl (C=O) groups excluding carboxylic acids is 2. The van der Waals surface area contributed by atoms with Gasteiger partial charge in [-0.25, -0.2) is 18.2 Å². The minimum absolute atomic E-state index is 0.0673. The van der Waals surface area contributed by atoms with Crippen LogP contribution in [0.5, 0.6) is 0 Å². The van der Waals surface area contributed by atoms with Gasteiger partial charge in [0.15, 0.2) is 10.9 Å². The molecule has 0 unspecified atom stereocenters. The highest BCUT2D eigenvalue weighted by molar-refractivity contribution is 7.91. The molecule has 0 fully saturated rings. The van der Waals surface area contributed by atoms with E-state index in [0.717, 1.165) is 16.9 Å². The number of anilines is 1. The molecule has 1 aromatic carbocycles. The van der Waals surface area contributed by atoms with Crippen molar-refractivity contribution in [1.29, 1.82) is 0 Å². The number of thiazole rings is 1. The van der Waals surface area contributed by atoms with Gasteiger partial charge >= 0.3 is 5.97 Å². The number of benzene rings is 1. The lowest BCUT2D eigenvalue weighted by molar-refractivity contribution is 0.0605. The normalized spacial score (nSPS) is 11.2. The minimum atomic E-state index is -3.88. The second kappa shape index (κ2) is 7.56. The minimum Gasteiger partial charge on any atom is -0.465 e. The van der Waals surface area contributed by atoms with E-state index in [2.05, 4.69) is 15.0 Å². The summed E-state index contributed by atoms with van der Waals surface area (Å²) in [6.07, 6.45) is 0. The number of methoxy groups -OCH3 is 1. The Labute approximate surface area is 165 Å². The number of carbonyl (C=O) groups is 2. The largest absolute Gasteiger partial charge is 0.465 e. The number of nitrogens with one attached hydrogen (secondary N) is 1. The number of rotatable bonds is 5.